The highest BCUT2D eigenvalue weighted by Gasteiger charge is 2.59. The summed E-state index contributed by atoms with van der Waals surface area (Å²) in [4.78, 5) is 21.7. The van der Waals surface area contributed by atoms with Gasteiger partial charge in [0.1, 0.15) is 12.5 Å². The molecule has 0 saturated carbocycles. The summed E-state index contributed by atoms with van der Waals surface area (Å²) in [6, 6.07) is 12.0. The molecule has 0 spiro atoms. The molecule has 9 heteroatoms. The zero-order valence-corrected chi connectivity index (χ0v) is 16.9. The summed E-state index contributed by atoms with van der Waals surface area (Å²) >= 11 is 0. The van der Waals surface area contributed by atoms with E-state index in [0.29, 0.717) is 33.1 Å². The largest absolute Gasteiger partial charge is 0.460 e. The van der Waals surface area contributed by atoms with E-state index in [1.165, 1.54) is 18.2 Å². The summed E-state index contributed by atoms with van der Waals surface area (Å²) in [5.74, 6) is -3.18. The van der Waals surface area contributed by atoms with Crippen molar-refractivity contribution in [1.82, 2.24) is 9.97 Å². The Labute approximate surface area is 185 Å². The first-order valence-electron chi connectivity index (χ1n) is 10.3. The second-order valence-electron chi connectivity index (χ2n) is 8.29. The zero-order valence-electron chi connectivity index (χ0n) is 16.9. The molecule has 6 nitrogen and oxygen atoms in total. The quantitative estimate of drug-likeness (QED) is 0.333. The molecule has 2 aliphatic rings. The number of aromatic nitrogens is 2. The molecule has 166 valence electrons. The molecule has 2 aromatic heterocycles. The van der Waals surface area contributed by atoms with Gasteiger partial charge in [-0.15, -0.1) is 0 Å². The van der Waals surface area contributed by atoms with Gasteiger partial charge in [0.15, 0.2) is 5.72 Å². The number of rotatable bonds is 1. The molecule has 2 N–H and O–H groups in total. The lowest BCUT2D eigenvalue weighted by Gasteiger charge is -2.41. The van der Waals surface area contributed by atoms with Crippen LogP contribution in [0, 0.1) is 5.92 Å². The van der Waals surface area contributed by atoms with Gasteiger partial charge < -0.3 is 15.2 Å². The van der Waals surface area contributed by atoms with Crippen molar-refractivity contribution in [3.05, 3.63) is 77.6 Å². The number of nitrogens with one attached hydrogen (secondary N) is 1. The van der Waals surface area contributed by atoms with E-state index in [4.69, 9.17) is 4.74 Å². The van der Waals surface area contributed by atoms with E-state index < -0.39 is 35.3 Å². The van der Waals surface area contributed by atoms with E-state index in [1.54, 1.807) is 36.7 Å². The molecule has 1 fully saturated rings. The van der Waals surface area contributed by atoms with Gasteiger partial charge in [-0.25, -0.2) is 0 Å². The minimum Gasteiger partial charge on any atom is -0.460 e. The van der Waals surface area contributed by atoms with Gasteiger partial charge in [-0.05, 0) is 35.4 Å². The second-order valence-corrected chi connectivity index (χ2v) is 8.29. The van der Waals surface area contributed by atoms with E-state index in [1.807, 2.05) is 0 Å². The number of ether oxygens (including phenoxy) is 1. The van der Waals surface area contributed by atoms with Crippen molar-refractivity contribution in [3.8, 4) is 0 Å². The van der Waals surface area contributed by atoms with Gasteiger partial charge in [-0.3, -0.25) is 14.8 Å². The summed E-state index contributed by atoms with van der Waals surface area (Å²) in [5, 5.41) is 15.6. The van der Waals surface area contributed by atoms with Crippen molar-refractivity contribution >= 4 is 33.5 Å². The Morgan fingerprint density at radius 3 is 2.39 bits per heavy atom. The molecule has 3 atom stereocenters. The van der Waals surface area contributed by atoms with Crippen LogP contribution in [-0.4, -0.2) is 33.4 Å². The average molecular weight is 451 g/mol. The number of carbonyl (C=O) groups excluding carboxylic acids is 1. The summed E-state index contributed by atoms with van der Waals surface area (Å²) in [7, 11) is 0. The Bertz CT molecular complexity index is 1460. The number of nitrogens with zero attached hydrogens (tertiary/aromatic N) is 2. The molecule has 0 bridgehead atoms. The summed E-state index contributed by atoms with van der Waals surface area (Å²) < 4.78 is 47.4. The minimum absolute atomic E-state index is 0.108. The first-order valence-corrected chi connectivity index (χ1v) is 10.3. The Balaban J connectivity index is 1.79. The Morgan fingerprint density at radius 1 is 1.00 bits per heavy atom. The number of hydrogen-bond donors (Lipinski definition) is 2. The molecule has 4 heterocycles. The predicted octanol–water partition coefficient (Wildman–Crippen LogP) is 4.22. The van der Waals surface area contributed by atoms with E-state index in [9.17, 15) is 23.1 Å². The Kier molecular flexibility index (Phi) is 4.01. The third-order valence-corrected chi connectivity index (χ3v) is 6.46. The molecule has 2 aliphatic heterocycles. The van der Waals surface area contributed by atoms with Crippen LogP contribution in [-0.2, 0) is 15.7 Å². The number of fused-ring (bicyclic) bond motifs is 7. The van der Waals surface area contributed by atoms with Gasteiger partial charge >= 0.3 is 12.1 Å². The summed E-state index contributed by atoms with van der Waals surface area (Å²) in [6.45, 7) is -0.381. The van der Waals surface area contributed by atoms with Gasteiger partial charge in [-0.2, -0.15) is 13.2 Å². The first kappa shape index (κ1) is 19.9. The molecule has 1 saturated heterocycles. The van der Waals surface area contributed by atoms with Crippen LogP contribution in [0.15, 0.2) is 60.9 Å². The fraction of sp³-hybridized carbons (Fsp3) is 0.208. The first-order chi connectivity index (χ1) is 15.8. The lowest BCUT2D eigenvalue weighted by molar-refractivity contribution is -0.143. The van der Waals surface area contributed by atoms with Gasteiger partial charge in [0, 0.05) is 29.1 Å². The van der Waals surface area contributed by atoms with Crippen molar-refractivity contribution in [2.24, 2.45) is 5.92 Å². The summed E-state index contributed by atoms with van der Waals surface area (Å²) in [6.07, 6.45) is -1.48. The standard InChI is InChI=1S/C24H16F3N3O3/c25-24(26,27)15-8-2-1-5-12(15)16-17-13-6-3-9-28-20(13)21-14(7-4-10-29-21)19(17)30-23(32)11-33-22(31)18(16)23/h1-10,16,18,30,32H,11H2/t16-,18+,23-/m1/s1. The van der Waals surface area contributed by atoms with E-state index in [-0.39, 0.29) is 12.2 Å². The third kappa shape index (κ3) is 2.75. The topological polar surface area (TPSA) is 84.3 Å². The number of alkyl halides is 3. The van der Waals surface area contributed by atoms with Crippen molar-refractivity contribution in [2.75, 3.05) is 11.9 Å². The molecule has 2 aromatic carbocycles. The molecule has 0 unspecified atom stereocenters. The predicted molar refractivity (Wildman–Crippen MR) is 113 cm³/mol. The molecular weight excluding hydrogens is 435 g/mol. The number of halogens is 3. The number of hydrogen-bond acceptors (Lipinski definition) is 6. The minimum atomic E-state index is -4.66. The van der Waals surface area contributed by atoms with Crippen LogP contribution in [0.2, 0.25) is 0 Å². The maximum absolute atomic E-state index is 14.1. The van der Waals surface area contributed by atoms with Crippen LogP contribution in [0.5, 0.6) is 0 Å². The average Bonchev–Trinajstić information content (AvgIpc) is 3.11. The van der Waals surface area contributed by atoms with E-state index in [2.05, 4.69) is 15.3 Å². The van der Waals surface area contributed by atoms with Crippen LogP contribution >= 0.6 is 0 Å². The Hall–Kier alpha value is -3.72. The van der Waals surface area contributed by atoms with Crippen LogP contribution < -0.4 is 5.32 Å². The van der Waals surface area contributed by atoms with Crippen molar-refractivity contribution in [2.45, 2.75) is 17.8 Å². The zero-order chi connectivity index (χ0) is 23.0. The maximum Gasteiger partial charge on any atom is 0.416 e. The second kappa shape index (κ2) is 6.64. The molecule has 0 radical (unpaired) electrons. The SMILES string of the molecule is O=C1OC[C@]2(O)Nc3c(c4cccnc4c4ncccc34)[C@@H](c3ccccc3C(F)(F)F)[C@@H]12. The number of carbonyl (C=O) groups is 1. The molecular formula is C24H16F3N3O3. The van der Waals surface area contributed by atoms with Gasteiger partial charge in [0.2, 0.25) is 0 Å². The maximum atomic E-state index is 14.1. The smallest absolute Gasteiger partial charge is 0.416 e. The fourth-order valence-electron chi connectivity index (χ4n) is 5.17. The van der Waals surface area contributed by atoms with Crippen molar-refractivity contribution in [3.63, 3.8) is 0 Å². The molecule has 0 amide bonds. The number of anilines is 1. The van der Waals surface area contributed by atoms with Crippen LogP contribution in [0.4, 0.5) is 18.9 Å². The number of pyridine rings is 2. The van der Waals surface area contributed by atoms with Crippen LogP contribution in [0.25, 0.3) is 21.8 Å². The number of benzene rings is 2. The lowest BCUT2D eigenvalue weighted by atomic mass is 9.70. The van der Waals surface area contributed by atoms with Crippen molar-refractivity contribution < 1.29 is 27.8 Å². The normalized spacial score (nSPS) is 24.3. The Morgan fingerprint density at radius 2 is 1.67 bits per heavy atom. The monoisotopic (exact) mass is 451 g/mol. The lowest BCUT2D eigenvalue weighted by Crippen LogP contribution is -2.52. The molecule has 4 aromatic rings. The van der Waals surface area contributed by atoms with Gasteiger partial charge in [-0.1, -0.05) is 24.3 Å². The number of cyclic esters (lactones) is 1. The molecule has 0 aliphatic carbocycles. The number of esters is 1. The highest BCUT2D eigenvalue weighted by Crippen LogP contribution is 2.54. The van der Waals surface area contributed by atoms with Crippen LogP contribution in [0.1, 0.15) is 22.6 Å². The van der Waals surface area contributed by atoms with Crippen LogP contribution in [0.3, 0.4) is 0 Å². The third-order valence-electron chi connectivity index (χ3n) is 6.46. The van der Waals surface area contributed by atoms with Gasteiger partial charge in [0.05, 0.1) is 22.3 Å². The summed E-state index contributed by atoms with van der Waals surface area (Å²) in [5.41, 5.74) is -0.959. The van der Waals surface area contributed by atoms with E-state index in [0.717, 1.165) is 6.07 Å². The molecule has 33 heavy (non-hydrogen) atoms. The fourth-order valence-corrected chi connectivity index (χ4v) is 5.17. The number of aliphatic hydroxyl groups is 1. The highest BCUT2D eigenvalue weighted by molar-refractivity contribution is 6.13. The molecule has 6 rings (SSSR count). The van der Waals surface area contributed by atoms with Crippen molar-refractivity contribution in [1.29, 1.82) is 0 Å². The van der Waals surface area contributed by atoms with E-state index >= 15 is 0 Å². The van der Waals surface area contributed by atoms with Gasteiger partial charge in [0.25, 0.3) is 0 Å². The highest BCUT2D eigenvalue weighted by atomic mass is 19.4.